The molecule has 0 radical (unpaired) electrons. The summed E-state index contributed by atoms with van der Waals surface area (Å²) in [5, 5.41) is 35.2. The number of aliphatic hydroxyl groups excluding tert-OH is 2. The van der Waals surface area contributed by atoms with Crippen LogP contribution in [0.1, 0.15) is 93.4 Å². The Labute approximate surface area is 243 Å². The maximum Gasteiger partial charge on any atom is 0.333 e. The van der Waals surface area contributed by atoms with Gasteiger partial charge in [-0.1, -0.05) is 71.6 Å². The minimum absolute atomic E-state index is 0.153. The molecule has 2 unspecified atom stereocenters. The third-order valence-corrected chi connectivity index (χ3v) is 10.8. The van der Waals surface area contributed by atoms with Gasteiger partial charge in [0.2, 0.25) is 0 Å². The number of unbranched alkanes of at least 4 members (excludes halogenated alkanes) is 4. The van der Waals surface area contributed by atoms with Gasteiger partial charge in [0.1, 0.15) is 30.0 Å². The summed E-state index contributed by atoms with van der Waals surface area (Å²) < 4.78 is 11.8. The van der Waals surface area contributed by atoms with Gasteiger partial charge in [-0.15, -0.1) is 0 Å². The van der Waals surface area contributed by atoms with Crippen molar-refractivity contribution >= 4 is 17.7 Å². The van der Waals surface area contributed by atoms with Gasteiger partial charge >= 0.3 is 11.9 Å². The number of rotatable bonds is 10. The van der Waals surface area contributed by atoms with Gasteiger partial charge in [0, 0.05) is 29.2 Å². The van der Waals surface area contributed by atoms with E-state index in [2.05, 4.69) is 6.92 Å². The molecule has 4 aliphatic carbocycles. The van der Waals surface area contributed by atoms with E-state index in [1.165, 1.54) is 0 Å². The SMILES string of the molecule is C/C=C(\C)C(=O)OCC1=C[C@@H]2C(=O)C3(C=C(C)[C@H](O)[C@@]3(O)[C@@H]1O)C(C)C[C@]1(OC(=O)CCCCCCC)[C@H]2C1(C)C. The van der Waals surface area contributed by atoms with Gasteiger partial charge in [0.25, 0.3) is 0 Å². The Kier molecular flexibility index (Phi) is 8.55. The van der Waals surface area contributed by atoms with Crippen LogP contribution < -0.4 is 0 Å². The van der Waals surface area contributed by atoms with Crippen LogP contribution in [0, 0.1) is 28.6 Å². The predicted octanol–water partition coefficient (Wildman–Crippen LogP) is 4.36. The van der Waals surface area contributed by atoms with Crippen molar-refractivity contribution in [1.29, 1.82) is 0 Å². The van der Waals surface area contributed by atoms with E-state index in [1.54, 1.807) is 39.0 Å². The lowest BCUT2D eigenvalue weighted by Gasteiger charge is -2.48. The highest BCUT2D eigenvalue weighted by molar-refractivity contribution is 5.96. The molecule has 2 fully saturated rings. The van der Waals surface area contributed by atoms with Crippen molar-refractivity contribution in [3.63, 3.8) is 0 Å². The maximum atomic E-state index is 14.6. The summed E-state index contributed by atoms with van der Waals surface area (Å²) >= 11 is 0. The van der Waals surface area contributed by atoms with E-state index in [1.807, 2.05) is 20.8 Å². The number of aliphatic hydroxyl groups is 3. The van der Waals surface area contributed by atoms with Gasteiger partial charge in [0.15, 0.2) is 5.78 Å². The second kappa shape index (κ2) is 11.1. The lowest BCUT2D eigenvalue weighted by molar-refractivity contribution is -0.192. The highest BCUT2D eigenvalue weighted by Gasteiger charge is 2.83. The number of esters is 2. The number of ketones is 1. The van der Waals surface area contributed by atoms with E-state index in [0.717, 1.165) is 32.1 Å². The van der Waals surface area contributed by atoms with Gasteiger partial charge in [-0.2, -0.15) is 0 Å². The second-order valence-corrected chi connectivity index (χ2v) is 13.4. The minimum Gasteiger partial charge on any atom is -0.458 e. The lowest BCUT2D eigenvalue weighted by Crippen LogP contribution is -2.65. The predicted molar refractivity (Wildman–Crippen MR) is 153 cm³/mol. The van der Waals surface area contributed by atoms with E-state index in [4.69, 9.17) is 9.47 Å². The van der Waals surface area contributed by atoms with E-state index >= 15 is 0 Å². The van der Waals surface area contributed by atoms with Crippen molar-refractivity contribution < 1.29 is 39.2 Å². The molecule has 0 amide bonds. The van der Waals surface area contributed by atoms with Crippen LogP contribution in [-0.2, 0) is 23.9 Å². The fourth-order valence-corrected chi connectivity index (χ4v) is 8.23. The van der Waals surface area contributed by atoms with Crippen molar-refractivity contribution in [3.8, 4) is 0 Å². The van der Waals surface area contributed by atoms with E-state index < -0.39 is 58.0 Å². The Balaban J connectivity index is 1.75. The number of ether oxygens (including phenoxy) is 2. The van der Waals surface area contributed by atoms with Crippen LogP contribution in [0.2, 0.25) is 0 Å². The van der Waals surface area contributed by atoms with Gasteiger partial charge in [-0.3, -0.25) is 9.59 Å². The van der Waals surface area contributed by atoms with Crippen molar-refractivity contribution in [3.05, 3.63) is 34.9 Å². The molecule has 0 aliphatic heterocycles. The number of hydrogen-bond acceptors (Lipinski definition) is 8. The molecule has 2 bridgehead atoms. The Hall–Kier alpha value is -2.29. The fourth-order valence-electron chi connectivity index (χ4n) is 8.23. The van der Waals surface area contributed by atoms with Crippen LogP contribution in [0.3, 0.4) is 0 Å². The molecular weight excluding hydrogens is 524 g/mol. The number of fused-ring (bicyclic) bond motifs is 3. The van der Waals surface area contributed by atoms with Gasteiger partial charge in [0.05, 0.1) is 5.41 Å². The van der Waals surface area contributed by atoms with E-state index in [9.17, 15) is 29.7 Å². The maximum absolute atomic E-state index is 14.6. The highest BCUT2D eigenvalue weighted by Crippen LogP contribution is 2.75. The molecule has 3 N–H and O–H groups in total. The normalized spacial score (nSPS) is 39.0. The number of allylic oxidation sites excluding steroid dienone is 2. The largest absolute Gasteiger partial charge is 0.458 e. The molecule has 228 valence electrons. The molecule has 8 atom stereocenters. The molecule has 1 spiro atoms. The molecule has 8 nitrogen and oxygen atoms in total. The summed E-state index contributed by atoms with van der Waals surface area (Å²) in [5.41, 5.74) is -4.47. The van der Waals surface area contributed by atoms with Gasteiger partial charge < -0.3 is 24.8 Å². The first-order valence-electron chi connectivity index (χ1n) is 15.2. The molecule has 4 aliphatic rings. The molecular formula is C33H48O8. The average molecular weight is 573 g/mol. The summed E-state index contributed by atoms with van der Waals surface area (Å²) in [4.78, 5) is 40.3. The molecule has 0 aromatic rings. The number of carbonyl (C=O) groups excluding carboxylic acids is 3. The second-order valence-electron chi connectivity index (χ2n) is 13.4. The van der Waals surface area contributed by atoms with Crippen molar-refractivity contribution in [2.75, 3.05) is 6.61 Å². The standard InChI is InChI=1S/C33H48O8/c1-8-10-11-12-13-14-24(34)41-32-17-21(5)31-16-20(4)26(35)33(31,39)27(36)22(18-40-29(38)19(3)9-2)15-23(28(31)37)25(32)30(32,6)7/h9,15-16,21,23,25-27,35-36,39H,8,10-14,17-18H2,1-7H3/b19-9+/t21?,23-,25+,26-,27+,31?,32-,33+/m0/s1. The van der Waals surface area contributed by atoms with Crippen molar-refractivity contribution in [2.24, 2.45) is 28.6 Å². The molecule has 0 heterocycles. The first kappa shape index (κ1) is 31.6. The van der Waals surface area contributed by atoms with Crippen molar-refractivity contribution in [1.82, 2.24) is 0 Å². The van der Waals surface area contributed by atoms with Gasteiger partial charge in [-0.05, 0) is 50.7 Å². The van der Waals surface area contributed by atoms with Crippen LogP contribution >= 0.6 is 0 Å². The molecule has 41 heavy (non-hydrogen) atoms. The van der Waals surface area contributed by atoms with Crippen LogP contribution in [0.4, 0.5) is 0 Å². The first-order valence-corrected chi connectivity index (χ1v) is 15.2. The summed E-state index contributed by atoms with van der Waals surface area (Å²) in [6, 6.07) is 0. The average Bonchev–Trinajstić information content (AvgIpc) is 3.34. The summed E-state index contributed by atoms with van der Waals surface area (Å²) in [7, 11) is 0. The lowest BCUT2D eigenvalue weighted by atomic mass is 9.59. The quantitative estimate of drug-likeness (QED) is 0.152. The van der Waals surface area contributed by atoms with Crippen LogP contribution in [-0.4, -0.2) is 63.1 Å². The fraction of sp³-hybridized carbons (Fsp3) is 0.727. The zero-order valence-electron chi connectivity index (χ0n) is 25.7. The van der Waals surface area contributed by atoms with Crippen LogP contribution in [0.15, 0.2) is 34.9 Å². The van der Waals surface area contributed by atoms with Gasteiger partial charge in [-0.25, -0.2) is 4.79 Å². The topological polar surface area (TPSA) is 130 Å². The summed E-state index contributed by atoms with van der Waals surface area (Å²) in [5.74, 6) is -3.01. The molecule has 2 saturated carbocycles. The number of carbonyl (C=O) groups is 3. The molecule has 0 saturated heterocycles. The molecule has 4 rings (SSSR count). The Morgan fingerprint density at radius 2 is 1.78 bits per heavy atom. The van der Waals surface area contributed by atoms with Crippen LogP contribution in [0.5, 0.6) is 0 Å². The minimum atomic E-state index is -2.28. The molecule has 8 heteroatoms. The van der Waals surface area contributed by atoms with E-state index in [0.29, 0.717) is 24.0 Å². The number of hydrogen-bond donors (Lipinski definition) is 3. The van der Waals surface area contributed by atoms with Crippen LogP contribution in [0.25, 0.3) is 0 Å². The Morgan fingerprint density at radius 3 is 2.41 bits per heavy atom. The number of Topliss-reactive ketones (excluding diaryl/α,β-unsaturated/α-hetero) is 1. The zero-order valence-corrected chi connectivity index (χ0v) is 25.7. The highest BCUT2D eigenvalue weighted by atomic mass is 16.6. The summed E-state index contributed by atoms with van der Waals surface area (Å²) in [6.07, 6.45) is 7.26. The first-order chi connectivity index (χ1) is 19.2. The third-order valence-electron chi connectivity index (χ3n) is 10.8. The molecule has 0 aromatic heterocycles. The molecule has 0 aromatic carbocycles. The zero-order chi connectivity index (χ0) is 30.5. The third kappa shape index (κ3) is 4.56. The monoisotopic (exact) mass is 572 g/mol. The van der Waals surface area contributed by atoms with Crippen molar-refractivity contribution in [2.45, 2.75) is 117 Å². The van der Waals surface area contributed by atoms with E-state index in [-0.39, 0.29) is 23.9 Å². The summed E-state index contributed by atoms with van der Waals surface area (Å²) in [6.45, 7) is 12.5. The Morgan fingerprint density at radius 1 is 1.12 bits per heavy atom. The Bertz CT molecular complexity index is 1180. The smallest absolute Gasteiger partial charge is 0.333 e.